The van der Waals surface area contributed by atoms with Crippen LogP contribution >= 0.6 is 15.9 Å². The summed E-state index contributed by atoms with van der Waals surface area (Å²) in [5, 5.41) is 12.9. The third kappa shape index (κ3) is 1.58. The zero-order valence-corrected chi connectivity index (χ0v) is 9.06. The Kier molecular flexibility index (Phi) is 2.30. The van der Waals surface area contributed by atoms with Crippen LogP contribution < -0.4 is 5.32 Å². The van der Waals surface area contributed by atoms with Crippen molar-refractivity contribution in [2.75, 3.05) is 13.1 Å². The van der Waals surface area contributed by atoms with Crippen molar-refractivity contribution < 1.29 is 5.11 Å². The van der Waals surface area contributed by atoms with Gasteiger partial charge in [-0.1, -0.05) is 15.9 Å². The number of benzene rings is 1. The molecule has 1 aromatic carbocycles. The fourth-order valence-electron chi connectivity index (χ4n) is 1.52. The molecule has 0 saturated carbocycles. The lowest BCUT2D eigenvalue weighted by atomic mass is 9.92. The molecule has 0 atom stereocenters. The zero-order chi connectivity index (χ0) is 9.42. The summed E-state index contributed by atoms with van der Waals surface area (Å²) in [6.45, 7) is 3.93. The molecule has 3 heteroatoms. The number of aryl methyl sites for hydroxylation is 1. The monoisotopic (exact) mass is 241 g/mol. The predicted molar refractivity (Wildman–Crippen MR) is 56.2 cm³/mol. The van der Waals surface area contributed by atoms with Crippen LogP contribution in [0.25, 0.3) is 0 Å². The van der Waals surface area contributed by atoms with Gasteiger partial charge in [-0.25, -0.2) is 0 Å². The molecule has 0 aromatic heterocycles. The smallest absolute Gasteiger partial charge is 0.119 e. The molecular weight excluding hydrogens is 230 g/mol. The minimum absolute atomic E-state index is 0.423. The fourth-order valence-corrected chi connectivity index (χ4v) is 1.88. The van der Waals surface area contributed by atoms with Crippen LogP contribution in [0.15, 0.2) is 16.6 Å². The molecule has 13 heavy (non-hydrogen) atoms. The average molecular weight is 242 g/mol. The van der Waals surface area contributed by atoms with Crippen LogP contribution in [0.4, 0.5) is 0 Å². The highest BCUT2D eigenvalue weighted by Crippen LogP contribution is 2.32. The first-order valence-corrected chi connectivity index (χ1v) is 5.17. The Balaban J connectivity index is 2.39. The van der Waals surface area contributed by atoms with Crippen LogP contribution in [0.5, 0.6) is 5.75 Å². The highest BCUT2D eigenvalue weighted by atomic mass is 79.9. The molecule has 1 fully saturated rings. The van der Waals surface area contributed by atoms with Gasteiger partial charge in [0.2, 0.25) is 0 Å². The summed E-state index contributed by atoms with van der Waals surface area (Å²) in [6, 6.07) is 3.84. The maximum atomic E-state index is 9.70. The molecule has 1 aromatic rings. The highest BCUT2D eigenvalue weighted by molar-refractivity contribution is 9.10. The molecule has 1 saturated heterocycles. The number of phenols is 1. The van der Waals surface area contributed by atoms with E-state index >= 15 is 0 Å². The first-order chi connectivity index (χ1) is 6.18. The van der Waals surface area contributed by atoms with E-state index in [9.17, 15) is 5.11 Å². The Bertz CT molecular complexity index is 334. The van der Waals surface area contributed by atoms with E-state index in [4.69, 9.17) is 0 Å². The topological polar surface area (TPSA) is 32.3 Å². The molecule has 1 heterocycles. The summed E-state index contributed by atoms with van der Waals surface area (Å²) in [6.07, 6.45) is 0. The fraction of sp³-hybridized carbons (Fsp3) is 0.400. The molecule has 0 aliphatic carbocycles. The highest BCUT2D eigenvalue weighted by Gasteiger charge is 2.22. The Morgan fingerprint density at radius 3 is 2.69 bits per heavy atom. The predicted octanol–water partition coefficient (Wildman–Crippen LogP) is 2.15. The molecule has 0 amide bonds. The van der Waals surface area contributed by atoms with Gasteiger partial charge < -0.3 is 10.4 Å². The first kappa shape index (κ1) is 9.03. The van der Waals surface area contributed by atoms with Crippen molar-refractivity contribution in [3.8, 4) is 5.75 Å². The van der Waals surface area contributed by atoms with E-state index in [0.29, 0.717) is 11.7 Å². The van der Waals surface area contributed by atoms with Gasteiger partial charge in [0.25, 0.3) is 0 Å². The van der Waals surface area contributed by atoms with Gasteiger partial charge in [-0.05, 0) is 24.6 Å². The van der Waals surface area contributed by atoms with Gasteiger partial charge in [0.05, 0.1) is 0 Å². The van der Waals surface area contributed by atoms with Crippen molar-refractivity contribution in [2.45, 2.75) is 12.8 Å². The van der Waals surface area contributed by atoms with E-state index in [-0.39, 0.29) is 0 Å². The number of phenolic OH excluding ortho intramolecular Hbond substituents is 1. The number of hydrogen-bond acceptors (Lipinski definition) is 2. The number of hydrogen-bond donors (Lipinski definition) is 2. The van der Waals surface area contributed by atoms with Crippen LogP contribution in [-0.2, 0) is 0 Å². The summed E-state index contributed by atoms with van der Waals surface area (Å²) in [7, 11) is 0. The molecule has 0 bridgehead atoms. The Morgan fingerprint density at radius 2 is 2.15 bits per heavy atom. The molecule has 2 N–H and O–H groups in total. The summed E-state index contributed by atoms with van der Waals surface area (Å²) >= 11 is 3.47. The van der Waals surface area contributed by atoms with Crippen molar-refractivity contribution in [2.24, 2.45) is 0 Å². The lowest BCUT2D eigenvalue weighted by Gasteiger charge is -2.28. The molecule has 0 spiro atoms. The molecule has 2 nitrogen and oxygen atoms in total. The van der Waals surface area contributed by atoms with Crippen molar-refractivity contribution in [3.05, 3.63) is 27.7 Å². The average Bonchev–Trinajstić information content (AvgIpc) is 1.96. The van der Waals surface area contributed by atoms with E-state index < -0.39 is 0 Å². The lowest BCUT2D eigenvalue weighted by molar-refractivity contribution is 0.413. The summed E-state index contributed by atoms with van der Waals surface area (Å²) in [5.41, 5.74) is 2.13. The second-order valence-corrected chi connectivity index (χ2v) is 4.37. The molecule has 2 rings (SSSR count). The van der Waals surface area contributed by atoms with Gasteiger partial charge in [0, 0.05) is 29.0 Å². The molecular formula is C10H12BrNO. The maximum absolute atomic E-state index is 9.70. The minimum atomic E-state index is 0.423. The Hall–Kier alpha value is -0.540. The van der Waals surface area contributed by atoms with Gasteiger partial charge in [0.15, 0.2) is 0 Å². The molecule has 0 unspecified atom stereocenters. The van der Waals surface area contributed by atoms with Gasteiger partial charge >= 0.3 is 0 Å². The van der Waals surface area contributed by atoms with Crippen molar-refractivity contribution in [3.63, 3.8) is 0 Å². The van der Waals surface area contributed by atoms with Gasteiger partial charge in [-0.15, -0.1) is 0 Å². The van der Waals surface area contributed by atoms with Crippen LogP contribution in [-0.4, -0.2) is 18.2 Å². The third-order valence-electron chi connectivity index (χ3n) is 2.53. The zero-order valence-electron chi connectivity index (χ0n) is 7.47. The number of rotatable bonds is 1. The quantitative estimate of drug-likeness (QED) is 0.790. The number of nitrogens with one attached hydrogen (secondary N) is 1. The van der Waals surface area contributed by atoms with Crippen molar-refractivity contribution in [1.29, 1.82) is 0 Å². The molecule has 70 valence electrons. The van der Waals surface area contributed by atoms with E-state index in [0.717, 1.165) is 28.7 Å². The summed E-state index contributed by atoms with van der Waals surface area (Å²) < 4.78 is 1.08. The van der Waals surface area contributed by atoms with E-state index in [1.165, 1.54) is 0 Å². The standard InChI is InChI=1S/C10H12BrNO/c1-6-2-10(13)8(3-9(6)11)7-4-12-5-7/h2-3,7,12-13H,4-5H2,1H3. The lowest BCUT2D eigenvalue weighted by Crippen LogP contribution is -2.39. The minimum Gasteiger partial charge on any atom is -0.508 e. The van der Waals surface area contributed by atoms with Crippen LogP contribution in [0.2, 0.25) is 0 Å². The van der Waals surface area contributed by atoms with E-state index in [1.54, 1.807) is 0 Å². The Labute approximate surface area is 86.1 Å². The number of aromatic hydroxyl groups is 1. The summed E-state index contributed by atoms with van der Waals surface area (Å²) in [5.74, 6) is 0.907. The number of halogens is 1. The third-order valence-corrected chi connectivity index (χ3v) is 3.38. The van der Waals surface area contributed by atoms with Gasteiger partial charge in [-0.2, -0.15) is 0 Å². The molecule has 1 aliphatic rings. The van der Waals surface area contributed by atoms with Crippen molar-refractivity contribution in [1.82, 2.24) is 5.32 Å². The molecule has 1 aliphatic heterocycles. The first-order valence-electron chi connectivity index (χ1n) is 4.38. The largest absolute Gasteiger partial charge is 0.508 e. The Morgan fingerprint density at radius 1 is 1.46 bits per heavy atom. The van der Waals surface area contributed by atoms with E-state index in [1.807, 2.05) is 19.1 Å². The maximum Gasteiger partial charge on any atom is 0.119 e. The van der Waals surface area contributed by atoms with Crippen LogP contribution in [0.3, 0.4) is 0 Å². The second kappa shape index (κ2) is 3.31. The van der Waals surface area contributed by atoms with E-state index in [2.05, 4.69) is 21.2 Å². The van der Waals surface area contributed by atoms with Gasteiger partial charge in [-0.3, -0.25) is 0 Å². The SMILES string of the molecule is Cc1cc(O)c(C2CNC2)cc1Br. The van der Waals surface area contributed by atoms with Gasteiger partial charge in [0.1, 0.15) is 5.75 Å². The normalized spacial score (nSPS) is 17.1. The summed E-state index contributed by atoms with van der Waals surface area (Å²) in [4.78, 5) is 0. The van der Waals surface area contributed by atoms with Crippen LogP contribution in [0.1, 0.15) is 17.0 Å². The van der Waals surface area contributed by atoms with Crippen molar-refractivity contribution >= 4 is 15.9 Å². The second-order valence-electron chi connectivity index (χ2n) is 3.52. The molecule has 0 radical (unpaired) electrons. The van der Waals surface area contributed by atoms with Crippen LogP contribution in [0, 0.1) is 6.92 Å².